The first-order chi connectivity index (χ1) is 15.3. The van der Waals surface area contributed by atoms with Crippen LogP contribution in [-0.2, 0) is 19.8 Å². The van der Waals surface area contributed by atoms with Crippen LogP contribution in [0.3, 0.4) is 0 Å². The van der Waals surface area contributed by atoms with Gasteiger partial charge in [-0.25, -0.2) is 9.37 Å². The molecule has 3 aromatic heterocycles. The highest BCUT2D eigenvalue weighted by Crippen LogP contribution is 2.20. The number of nitrogen functional groups attached to an aromatic ring is 1. The third-order valence-electron chi connectivity index (χ3n) is 5.27. The summed E-state index contributed by atoms with van der Waals surface area (Å²) in [6.45, 7) is 3.54. The molecule has 1 amide bonds. The third-order valence-corrected chi connectivity index (χ3v) is 5.47. The molecular weight excluding hydrogens is 431 g/mol. The predicted molar refractivity (Wildman–Crippen MR) is 122 cm³/mol. The minimum Gasteiger partial charge on any atom is -0.384 e. The van der Waals surface area contributed by atoms with Crippen LogP contribution in [0.2, 0.25) is 5.02 Å². The van der Waals surface area contributed by atoms with Crippen molar-refractivity contribution in [2.75, 3.05) is 5.73 Å². The van der Waals surface area contributed by atoms with Gasteiger partial charge in [-0.15, -0.1) is 0 Å². The molecule has 9 heteroatoms. The van der Waals surface area contributed by atoms with Crippen LogP contribution in [0.25, 0.3) is 10.9 Å². The van der Waals surface area contributed by atoms with E-state index in [-0.39, 0.29) is 17.8 Å². The molecule has 0 aliphatic heterocycles. The van der Waals surface area contributed by atoms with Crippen molar-refractivity contribution >= 4 is 34.2 Å². The van der Waals surface area contributed by atoms with Gasteiger partial charge in [0.15, 0.2) is 0 Å². The maximum atomic E-state index is 13.6. The number of benzene rings is 1. The van der Waals surface area contributed by atoms with Crippen molar-refractivity contribution in [2.24, 2.45) is 0 Å². The Hall–Kier alpha value is -3.52. The second kappa shape index (κ2) is 8.92. The number of fused-ring (bicyclic) bond motifs is 1. The van der Waals surface area contributed by atoms with Crippen LogP contribution in [0.5, 0.6) is 0 Å². The fraction of sp³-hybridized carbons (Fsp3) is 0.217. The summed E-state index contributed by atoms with van der Waals surface area (Å²) < 4.78 is 15.1. The molecule has 32 heavy (non-hydrogen) atoms. The van der Waals surface area contributed by atoms with Gasteiger partial charge in [0.05, 0.1) is 22.6 Å². The smallest absolute Gasteiger partial charge is 0.255 e. The molecule has 0 bridgehead atoms. The number of amides is 1. The van der Waals surface area contributed by atoms with E-state index in [0.29, 0.717) is 17.4 Å². The average molecular weight is 453 g/mol. The Bertz CT molecular complexity index is 1300. The number of pyridine rings is 2. The number of rotatable bonds is 6. The Morgan fingerprint density at radius 1 is 1.25 bits per heavy atom. The largest absolute Gasteiger partial charge is 0.384 e. The number of aryl methyl sites for hydroxylation is 2. The molecule has 0 unspecified atom stereocenters. The first-order valence-electron chi connectivity index (χ1n) is 10.0. The summed E-state index contributed by atoms with van der Waals surface area (Å²) in [5.74, 6) is 0.0387. The van der Waals surface area contributed by atoms with Gasteiger partial charge in [0.2, 0.25) is 0 Å². The molecule has 0 aliphatic carbocycles. The van der Waals surface area contributed by atoms with Crippen molar-refractivity contribution in [2.45, 2.75) is 33.6 Å². The van der Waals surface area contributed by atoms with Gasteiger partial charge in [-0.3, -0.25) is 14.5 Å². The van der Waals surface area contributed by atoms with E-state index >= 15 is 0 Å². The molecule has 1 aromatic carbocycles. The van der Waals surface area contributed by atoms with Crippen LogP contribution >= 0.6 is 11.6 Å². The number of carbonyl (C=O) groups excluding carboxylic acids is 1. The fourth-order valence-corrected chi connectivity index (χ4v) is 3.86. The van der Waals surface area contributed by atoms with E-state index in [1.165, 1.54) is 0 Å². The van der Waals surface area contributed by atoms with Crippen molar-refractivity contribution in [1.29, 1.82) is 0 Å². The molecule has 3 N–H and O–H groups in total. The molecule has 0 spiro atoms. The van der Waals surface area contributed by atoms with Crippen LogP contribution in [0.4, 0.5) is 10.2 Å². The summed E-state index contributed by atoms with van der Waals surface area (Å²) in [6.07, 6.45) is 3.16. The number of nitrogens with two attached hydrogens (primary N) is 1. The number of hydrogen-bond donors (Lipinski definition) is 2. The second-order valence-electron chi connectivity index (χ2n) is 7.61. The van der Waals surface area contributed by atoms with Crippen LogP contribution < -0.4 is 11.1 Å². The number of nitrogens with zero attached hydrogens (tertiary/aromatic N) is 4. The first kappa shape index (κ1) is 21.7. The van der Waals surface area contributed by atoms with Crippen LogP contribution in [0, 0.1) is 13.8 Å². The summed E-state index contributed by atoms with van der Waals surface area (Å²) >= 11 is 6.03. The third kappa shape index (κ3) is 4.55. The SMILES string of the molecule is Cc1cc(N)nc(C)c1CNC(=O)c1cn(Cc2ccc3ncc(Cl)cc3c2)nc1CF. The van der Waals surface area contributed by atoms with Gasteiger partial charge in [0.1, 0.15) is 18.2 Å². The summed E-state index contributed by atoms with van der Waals surface area (Å²) in [7, 11) is 0. The zero-order valence-corrected chi connectivity index (χ0v) is 18.4. The Balaban J connectivity index is 1.52. The van der Waals surface area contributed by atoms with Crippen LogP contribution in [-0.4, -0.2) is 25.7 Å². The molecule has 4 aromatic rings. The number of anilines is 1. The van der Waals surface area contributed by atoms with Gasteiger partial charge in [0.25, 0.3) is 5.91 Å². The molecule has 0 fully saturated rings. The van der Waals surface area contributed by atoms with E-state index in [9.17, 15) is 9.18 Å². The lowest BCUT2D eigenvalue weighted by atomic mass is 10.1. The van der Waals surface area contributed by atoms with E-state index in [1.54, 1.807) is 23.1 Å². The molecular formula is C23H22ClFN6O. The van der Waals surface area contributed by atoms with E-state index < -0.39 is 12.6 Å². The van der Waals surface area contributed by atoms with Crippen molar-refractivity contribution in [3.05, 3.63) is 81.4 Å². The quantitative estimate of drug-likeness (QED) is 0.458. The highest BCUT2D eigenvalue weighted by molar-refractivity contribution is 6.31. The zero-order valence-electron chi connectivity index (χ0n) is 17.7. The van der Waals surface area contributed by atoms with Crippen molar-refractivity contribution < 1.29 is 9.18 Å². The molecule has 3 heterocycles. The van der Waals surface area contributed by atoms with Gasteiger partial charge < -0.3 is 11.1 Å². The Kier molecular flexibility index (Phi) is 6.05. The maximum absolute atomic E-state index is 13.6. The van der Waals surface area contributed by atoms with Gasteiger partial charge in [-0.1, -0.05) is 17.7 Å². The Morgan fingerprint density at radius 2 is 2.06 bits per heavy atom. The topological polar surface area (TPSA) is 98.7 Å². The normalized spacial score (nSPS) is 11.1. The molecule has 0 saturated heterocycles. The van der Waals surface area contributed by atoms with E-state index in [2.05, 4.69) is 20.4 Å². The lowest BCUT2D eigenvalue weighted by molar-refractivity contribution is 0.0949. The minimum atomic E-state index is -0.839. The number of hydrogen-bond acceptors (Lipinski definition) is 5. The van der Waals surface area contributed by atoms with Crippen molar-refractivity contribution in [1.82, 2.24) is 25.1 Å². The predicted octanol–water partition coefficient (Wildman–Crippen LogP) is 4.13. The second-order valence-corrected chi connectivity index (χ2v) is 8.05. The molecule has 0 aliphatic rings. The molecule has 164 valence electrons. The number of carbonyl (C=O) groups is 1. The highest BCUT2D eigenvalue weighted by atomic mass is 35.5. The first-order valence-corrected chi connectivity index (χ1v) is 10.4. The van der Waals surface area contributed by atoms with E-state index in [0.717, 1.165) is 33.3 Å². The zero-order chi connectivity index (χ0) is 22.8. The van der Waals surface area contributed by atoms with E-state index in [1.807, 2.05) is 38.1 Å². The van der Waals surface area contributed by atoms with Gasteiger partial charge in [-0.2, -0.15) is 5.10 Å². The fourth-order valence-electron chi connectivity index (χ4n) is 3.69. The molecule has 4 rings (SSSR count). The maximum Gasteiger partial charge on any atom is 0.255 e. The van der Waals surface area contributed by atoms with Gasteiger partial charge in [-0.05, 0) is 54.8 Å². The average Bonchev–Trinajstić information content (AvgIpc) is 3.15. The molecule has 0 radical (unpaired) electrons. The van der Waals surface area contributed by atoms with Crippen molar-refractivity contribution in [3.63, 3.8) is 0 Å². The van der Waals surface area contributed by atoms with Crippen LogP contribution in [0.1, 0.15) is 38.4 Å². The van der Waals surface area contributed by atoms with E-state index in [4.69, 9.17) is 17.3 Å². The molecule has 0 saturated carbocycles. The summed E-state index contributed by atoms with van der Waals surface area (Å²) in [6, 6.07) is 9.34. The minimum absolute atomic E-state index is 0.0943. The number of alkyl halides is 1. The van der Waals surface area contributed by atoms with Crippen molar-refractivity contribution in [3.8, 4) is 0 Å². The Labute approximate surface area is 189 Å². The van der Waals surface area contributed by atoms with Gasteiger partial charge in [0, 0.05) is 30.0 Å². The summed E-state index contributed by atoms with van der Waals surface area (Å²) in [5, 5.41) is 8.54. The van der Waals surface area contributed by atoms with Crippen LogP contribution in [0.15, 0.2) is 42.7 Å². The number of aromatic nitrogens is 4. The number of halogens is 2. The monoisotopic (exact) mass is 452 g/mol. The standard InChI is InChI=1S/C23H22ClFN6O/c1-13-5-22(26)29-14(2)18(13)10-28-23(32)19-12-31(30-21(19)8-25)11-15-3-4-20-16(6-15)7-17(24)9-27-20/h3-7,9,12H,8,10-11H2,1-2H3,(H2,26,29)(H,28,32). The Morgan fingerprint density at radius 3 is 2.81 bits per heavy atom. The lowest BCUT2D eigenvalue weighted by Crippen LogP contribution is -2.24. The van der Waals surface area contributed by atoms with Gasteiger partial charge >= 0.3 is 0 Å². The summed E-state index contributed by atoms with van der Waals surface area (Å²) in [5.41, 5.74) is 10.4. The lowest BCUT2D eigenvalue weighted by Gasteiger charge is -2.11. The number of nitrogens with one attached hydrogen (secondary N) is 1. The molecule has 0 atom stereocenters. The highest BCUT2D eigenvalue weighted by Gasteiger charge is 2.17. The molecule has 7 nitrogen and oxygen atoms in total. The summed E-state index contributed by atoms with van der Waals surface area (Å²) in [4.78, 5) is 21.3.